The summed E-state index contributed by atoms with van der Waals surface area (Å²) < 4.78 is 31.9. The average molecular weight is 295 g/mol. The summed E-state index contributed by atoms with van der Waals surface area (Å²) in [5, 5.41) is 21.1. The third kappa shape index (κ3) is 4.28. The van der Waals surface area contributed by atoms with Gasteiger partial charge in [0.2, 0.25) is 0 Å². The molecule has 0 radical (unpaired) electrons. The summed E-state index contributed by atoms with van der Waals surface area (Å²) in [6.45, 7) is 3.81. The highest BCUT2D eigenvalue weighted by Crippen LogP contribution is 2.40. The highest BCUT2D eigenvalue weighted by molar-refractivity contribution is 5.68. The van der Waals surface area contributed by atoms with Crippen LogP contribution in [0.25, 0.3) is 0 Å². The number of aliphatic hydroxyl groups is 2. The van der Waals surface area contributed by atoms with Crippen LogP contribution in [-0.2, 0) is 4.74 Å². The van der Waals surface area contributed by atoms with Crippen molar-refractivity contribution in [3.8, 4) is 0 Å². The van der Waals surface area contributed by atoms with Gasteiger partial charge >= 0.3 is 6.09 Å². The quantitative estimate of drug-likeness (QED) is 0.742. The third-order valence-corrected chi connectivity index (χ3v) is 3.41. The molecule has 0 aliphatic heterocycles. The molecule has 0 aromatic carbocycles. The zero-order valence-corrected chi connectivity index (χ0v) is 12.1. The summed E-state index contributed by atoms with van der Waals surface area (Å²) in [5.41, 5.74) is -2.82. The SMILES string of the molecule is CC(C)(C)OC(=O)NC1CCC(O)(C(F)(F)CO)CC1. The van der Waals surface area contributed by atoms with Crippen molar-refractivity contribution in [2.24, 2.45) is 0 Å². The van der Waals surface area contributed by atoms with Crippen molar-refractivity contribution in [3.63, 3.8) is 0 Å². The van der Waals surface area contributed by atoms with E-state index in [0.717, 1.165) is 0 Å². The Kier molecular flexibility index (Phi) is 4.97. The fraction of sp³-hybridized carbons (Fsp3) is 0.923. The Labute approximate surface area is 117 Å². The number of carbonyl (C=O) groups is 1. The van der Waals surface area contributed by atoms with Crippen molar-refractivity contribution in [1.82, 2.24) is 5.32 Å². The number of hydrogen-bond acceptors (Lipinski definition) is 4. The molecule has 1 amide bonds. The number of amides is 1. The standard InChI is InChI=1S/C13H23F2NO4/c1-11(2,3)20-10(18)16-9-4-6-12(19,7-5-9)13(14,15)8-17/h9,17,19H,4-8H2,1-3H3,(H,16,18). The van der Waals surface area contributed by atoms with E-state index >= 15 is 0 Å². The van der Waals surface area contributed by atoms with E-state index in [9.17, 15) is 18.7 Å². The predicted octanol–water partition coefficient (Wildman–Crippen LogP) is 1.81. The van der Waals surface area contributed by atoms with E-state index in [1.807, 2.05) is 0 Å². The summed E-state index contributed by atoms with van der Waals surface area (Å²) in [4.78, 5) is 11.6. The predicted molar refractivity (Wildman–Crippen MR) is 68.6 cm³/mol. The third-order valence-electron chi connectivity index (χ3n) is 3.41. The maximum Gasteiger partial charge on any atom is 0.407 e. The van der Waals surface area contributed by atoms with E-state index in [0.29, 0.717) is 0 Å². The van der Waals surface area contributed by atoms with Crippen LogP contribution < -0.4 is 5.32 Å². The van der Waals surface area contributed by atoms with Crippen molar-refractivity contribution >= 4 is 6.09 Å². The molecule has 3 N–H and O–H groups in total. The molecule has 7 heteroatoms. The maximum atomic E-state index is 13.4. The molecule has 1 aliphatic carbocycles. The Morgan fingerprint density at radius 2 is 1.85 bits per heavy atom. The van der Waals surface area contributed by atoms with Crippen molar-refractivity contribution in [1.29, 1.82) is 0 Å². The van der Waals surface area contributed by atoms with Crippen molar-refractivity contribution < 1.29 is 28.5 Å². The van der Waals surface area contributed by atoms with E-state index in [2.05, 4.69) is 5.32 Å². The second kappa shape index (κ2) is 5.81. The number of halogens is 2. The van der Waals surface area contributed by atoms with Crippen LogP contribution in [0, 0.1) is 0 Å². The minimum atomic E-state index is -3.52. The topological polar surface area (TPSA) is 78.8 Å². The van der Waals surface area contributed by atoms with Gasteiger partial charge in [-0.2, -0.15) is 0 Å². The van der Waals surface area contributed by atoms with E-state index < -0.39 is 29.8 Å². The monoisotopic (exact) mass is 295 g/mol. The van der Waals surface area contributed by atoms with Crippen LogP contribution >= 0.6 is 0 Å². The molecule has 118 valence electrons. The number of alkyl halides is 2. The molecule has 0 heterocycles. The molecule has 0 aromatic heterocycles. The fourth-order valence-electron chi connectivity index (χ4n) is 2.23. The number of hydrogen-bond donors (Lipinski definition) is 3. The molecule has 20 heavy (non-hydrogen) atoms. The van der Waals surface area contributed by atoms with Crippen LogP contribution in [0.3, 0.4) is 0 Å². The van der Waals surface area contributed by atoms with Crippen LogP contribution in [0.1, 0.15) is 46.5 Å². The van der Waals surface area contributed by atoms with Crippen LogP contribution in [-0.4, -0.2) is 46.1 Å². The first-order valence-electron chi connectivity index (χ1n) is 6.70. The smallest absolute Gasteiger partial charge is 0.407 e. The van der Waals surface area contributed by atoms with E-state index in [4.69, 9.17) is 9.84 Å². The molecule has 0 saturated heterocycles. The van der Waals surface area contributed by atoms with Gasteiger partial charge in [-0.3, -0.25) is 0 Å². The number of carbonyl (C=O) groups excluding carboxylic acids is 1. The zero-order chi connectivity index (χ0) is 15.6. The summed E-state index contributed by atoms with van der Waals surface area (Å²) in [7, 11) is 0. The van der Waals surface area contributed by atoms with E-state index in [1.54, 1.807) is 20.8 Å². The molecule has 1 aliphatic rings. The molecule has 0 spiro atoms. The first-order chi connectivity index (χ1) is 8.99. The molecule has 0 aromatic rings. The van der Waals surface area contributed by atoms with Crippen molar-refractivity contribution in [2.45, 2.75) is 69.6 Å². The van der Waals surface area contributed by atoms with Crippen LogP contribution in [0.5, 0.6) is 0 Å². The molecule has 1 fully saturated rings. The lowest BCUT2D eigenvalue weighted by molar-refractivity contribution is -0.213. The first kappa shape index (κ1) is 17.1. The summed E-state index contributed by atoms with van der Waals surface area (Å²) >= 11 is 0. The summed E-state index contributed by atoms with van der Waals surface area (Å²) in [6.07, 6.45) is -0.527. The Morgan fingerprint density at radius 1 is 1.35 bits per heavy atom. The van der Waals surface area contributed by atoms with Crippen molar-refractivity contribution in [2.75, 3.05) is 6.61 Å². The minimum Gasteiger partial charge on any atom is -0.444 e. The van der Waals surface area contributed by atoms with E-state index in [-0.39, 0.29) is 31.7 Å². The molecule has 0 atom stereocenters. The fourth-order valence-corrected chi connectivity index (χ4v) is 2.23. The van der Waals surface area contributed by atoms with Gasteiger partial charge in [0.25, 0.3) is 5.92 Å². The highest BCUT2D eigenvalue weighted by atomic mass is 19.3. The highest BCUT2D eigenvalue weighted by Gasteiger charge is 2.53. The van der Waals surface area contributed by atoms with Crippen LogP contribution in [0.2, 0.25) is 0 Å². The lowest BCUT2D eigenvalue weighted by Gasteiger charge is -2.40. The van der Waals surface area contributed by atoms with Gasteiger partial charge in [-0.15, -0.1) is 0 Å². The second-order valence-corrected chi connectivity index (χ2v) is 6.31. The average Bonchev–Trinajstić information content (AvgIpc) is 2.29. The van der Waals surface area contributed by atoms with Gasteiger partial charge in [-0.25, -0.2) is 13.6 Å². The number of rotatable bonds is 3. The van der Waals surface area contributed by atoms with Gasteiger partial charge in [0.05, 0.1) is 0 Å². The molecule has 1 rings (SSSR count). The van der Waals surface area contributed by atoms with Gasteiger partial charge in [-0.1, -0.05) is 0 Å². The number of ether oxygens (including phenoxy) is 1. The van der Waals surface area contributed by atoms with E-state index in [1.165, 1.54) is 0 Å². The summed E-state index contributed by atoms with van der Waals surface area (Å²) in [6, 6.07) is -0.306. The molecule has 0 bridgehead atoms. The number of nitrogens with one attached hydrogen (secondary N) is 1. The van der Waals surface area contributed by atoms with Gasteiger partial charge in [-0.05, 0) is 46.5 Å². The summed E-state index contributed by atoms with van der Waals surface area (Å²) in [5.74, 6) is -3.52. The molecule has 0 unspecified atom stereocenters. The lowest BCUT2D eigenvalue weighted by atomic mass is 9.78. The molecule has 1 saturated carbocycles. The van der Waals surface area contributed by atoms with Crippen molar-refractivity contribution in [3.05, 3.63) is 0 Å². The van der Waals surface area contributed by atoms with Gasteiger partial charge in [0.15, 0.2) is 0 Å². The van der Waals surface area contributed by atoms with Gasteiger partial charge in [0, 0.05) is 6.04 Å². The Balaban J connectivity index is 2.49. The lowest BCUT2D eigenvalue weighted by Crippen LogP contribution is -2.55. The first-order valence-corrected chi connectivity index (χ1v) is 6.70. The van der Waals surface area contributed by atoms with Gasteiger partial charge < -0.3 is 20.3 Å². The maximum absolute atomic E-state index is 13.4. The largest absolute Gasteiger partial charge is 0.444 e. The zero-order valence-electron chi connectivity index (χ0n) is 12.1. The minimum absolute atomic E-state index is 0.180. The molecule has 5 nitrogen and oxygen atoms in total. The number of aliphatic hydroxyl groups excluding tert-OH is 1. The second-order valence-electron chi connectivity index (χ2n) is 6.31. The molecular formula is C13H23F2NO4. The molecular weight excluding hydrogens is 272 g/mol. The van der Waals surface area contributed by atoms with Gasteiger partial charge in [0.1, 0.15) is 17.8 Å². The Hall–Kier alpha value is -0.950. The number of alkyl carbamates (subject to hydrolysis) is 1. The Morgan fingerprint density at radius 3 is 2.25 bits per heavy atom. The normalized spacial score (nSPS) is 28.1. The van der Waals surface area contributed by atoms with Crippen LogP contribution in [0.4, 0.5) is 13.6 Å². The Bertz CT molecular complexity index is 347. The van der Waals surface area contributed by atoms with Crippen LogP contribution in [0.15, 0.2) is 0 Å².